The third kappa shape index (κ3) is 2.31. The van der Waals surface area contributed by atoms with E-state index in [2.05, 4.69) is 0 Å². The molecule has 94 valence electrons. The van der Waals surface area contributed by atoms with Crippen LogP contribution in [0, 0.1) is 11.6 Å². The molecule has 0 heterocycles. The summed E-state index contributed by atoms with van der Waals surface area (Å²) in [6, 6.07) is 2.26. The van der Waals surface area contributed by atoms with Crippen LogP contribution in [0.15, 0.2) is 12.1 Å². The van der Waals surface area contributed by atoms with E-state index in [0.29, 0.717) is 12.1 Å². The van der Waals surface area contributed by atoms with Crippen LogP contribution in [0.1, 0.15) is 37.7 Å². The predicted molar refractivity (Wildman–Crippen MR) is 65.2 cm³/mol. The standard InChI is InChI=1S/C13H16ClF2N/c14-11-7-9(15)6-10(12(11)16)13(8-17)4-2-1-3-5-13/h6-7H,1-5,8,17H2. The van der Waals surface area contributed by atoms with E-state index < -0.39 is 17.0 Å². The normalized spacial score (nSPS) is 19.3. The van der Waals surface area contributed by atoms with Gasteiger partial charge in [0, 0.05) is 12.0 Å². The molecule has 0 radical (unpaired) electrons. The molecule has 0 spiro atoms. The van der Waals surface area contributed by atoms with Gasteiger partial charge in [0.15, 0.2) is 0 Å². The zero-order valence-electron chi connectivity index (χ0n) is 9.61. The van der Waals surface area contributed by atoms with E-state index in [1.807, 2.05) is 0 Å². The van der Waals surface area contributed by atoms with Crippen molar-refractivity contribution in [2.45, 2.75) is 37.5 Å². The molecular weight excluding hydrogens is 244 g/mol. The Labute approximate surface area is 105 Å². The molecule has 0 amide bonds. The fourth-order valence-electron chi connectivity index (χ4n) is 2.75. The lowest BCUT2D eigenvalue weighted by Gasteiger charge is -2.37. The molecular formula is C13H16ClF2N. The van der Waals surface area contributed by atoms with Crippen LogP contribution >= 0.6 is 11.6 Å². The van der Waals surface area contributed by atoms with E-state index >= 15 is 0 Å². The third-order valence-corrected chi connectivity index (χ3v) is 4.04. The van der Waals surface area contributed by atoms with Crippen molar-refractivity contribution >= 4 is 11.6 Å². The lowest BCUT2D eigenvalue weighted by Crippen LogP contribution is -2.38. The maximum absolute atomic E-state index is 14.0. The zero-order valence-corrected chi connectivity index (χ0v) is 10.4. The van der Waals surface area contributed by atoms with E-state index in [0.717, 1.165) is 38.2 Å². The smallest absolute Gasteiger partial charge is 0.145 e. The maximum Gasteiger partial charge on any atom is 0.145 e. The minimum atomic E-state index is -0.514. The Kier molecular flexibility index (Phi) is 3.69. The van der Waals surface area contributed by atoms with Crippen molar-refractivity contribution in [3.8, 4) is 0 Å². The molecule has 1 fully saturated rings. The van der Waals surface area contributed by atoms with Crippen molar-refractivity contribution in [1.29, 1.82) is 0 Å². The minimum absolute atomic E-state index is 0.154. The molecule has 17 heavy (non-hydrogen) atoms. The Morgan fingerprint density at radius 1 is 1.18 bits per heavy atom. The van der Waals surface area contributed by atoms with Gasteiger partial charge < -0.3 is 5.73 Å². The minimum Gasteiger partial charge on any atom is -0.330 e. The van der Waals surface area contributed by atoms with Gasteiger partial charge in [0.2, 0.25) is 0 Å². The van der Waals surface area contributed by atoms with Gasteiger partial charge in [-0.15, -0.1) is 0 Å². The summed E-state index contributed by atoms with van der Waals surface area (Å²) >= 11 is 5.70. The predicted octanol–water partition coefficient (Wildman–Crippen LogP) is 3.78. The van der Waals surface area contributed by atoms with E-state index in [1.54, 1.807) is 0 Å². The maximum atomic E-state index is 14.0. The average molecular weight is 260 g/mol. The molecule has 0 saturated heterocycles. The van der Waals surface area contributed by atoms with Crippen LogP contribution in [0.4, 0.5) is 8.78 Å². The monoisotopic (exact) mass is 259 g/mol. The summed E-state index contributed by atoms with van der Waals surface area (Å²) < 4.78 is 27.4. The second-order valence-corrected chi connectivity index (χ2v) is 5.20. The van der Waals surface area contributed by atoms with Gasteiger partial charge in [-0.1, -0.05) is 30.9 Å². The van der Waals surface area contributed by atoms with Crippen LogP contribution in [0.5, 0.6) is 0 Å². The Balaban J connectivity index is 2.49. The molecule has 1 aliphatic rings. The summed E-state index contributed by atoms with van der Waals surface area (Å²) in [5.41, 5.74) is 5.72. The van der Waals surface area contributed by atoms with E-state index in [-0.39, 0.29) is 5.02 Å². The topological polar surface area (TPSA) is 26.0 Å². The molecule has 1 aromatic rings. The molecule has 1 saturated carbocycles. The number of hydrogen-bond donors (Lipinski definition) is 1. The van der Waals surface area contributed by atoms with Crippen LogP contribution in [0.3, 0.4) is 0 Å². The van der Waals surface area contributed by atoms with Gasteiger partial charge in [0.1, 0.15) is 11.6 Å². The van der Waals surface area contributed by atoms with E-state index in [9.17, 15) is 8.78 Å². The van der Waals surface area contributed by atoms with Crippen LogP contribution in [-0.2, 0) is 5.41 Å². The molecule has 1 nitrogen and oxygen atoms in total. The highest BCUT2D eigenvalue weighted by Crippen LogP contribution is 2.41. The molecule has 0 aromatic heterocycles. The van der Waals surface area contributed by atoms with Crippen LogP contribution in [0.25, 0.3) is 0 Å². The summed E-state index contributed by atoms with van der Waals surface area (Å²) in [6.45, 7) is 0.337. The van der Waals surface area contributed by atoms with Crippen LogP contribution in [0.2, 0.25) is 5.02 Å². The van der Waals surface area contributed by atoms with E-state index in [4.69, 9.17) is 17.3 Å². The summed E-state index contributed by atoms with van der Waals surface area (Å²) in [7, 11) is 0. The van der Waals surface area contributed by atoms with Crippen molar-refractivity contribution in [3.05, 3.63) is 34.4 Å². The van der Waals surface area contributed by atoms with Crippen LogP contribution < -0.4 is 5.73 Å². The fraction of sp³-hybridized carbons (Fsp3) is 0.538. The number of rotatable bonds is 2. The second-order valence-electron chi connectivity index (χ2n) is 4.79. The molecule has 1 aromatic carbocycles. The Morgan fingerprint density at radius 3 is 2.41 bits per heavy atom. The largest absolute Gasteiger partial charge is 0.330 e. The lowest BCUT2D eigenvalue weighted by molar-refractivity contribution is 0.290. The van der Waals surface area contributed by atoms with Crippen molar-refractivity contribution in [3.63, 3.8) is 0 Å². The highest BCUT2D eigenvalue weighted by atomic mass is 35.5. The van der Waals surface area contributed by atoms with Gasteiger partial charge in [-0.2, -0.15) is 0 Å². The molecule has 4 heteroatoms. The molecule has 1 aliphatic carbocycles. The van der Waals surface area contributed by atoms with Gasteiger partial charge >= 0.3 is 0 Å². The molecule has 0 unspecified atom stereocenters. The second kappa shape index (κ2) is 4.91. The van der Waals surface area contributed by atoms with Gasteiger partial charge in [-0.3, -0.25) is 0 Å². The number of benzene rings is 1. The third-order valence-electron chi connectivity index (χ3n) is 3.77. The quantitative estimate of drug-likeness (QED) is 0.804. The molecule has 0 aliphatic heterocycles. The fourth-order valence-corrected chi connectivity index (χ4v) is 2.96. The Bertz CT molecular complexity index is 414. The molecule has 0 bridgehead atoms. The van der Waals surface area contributed by atoms with Gasteiger partial charge in [-0.05, 0) is 30.5 Å². The first kappa shape index (κ1) is 12.8. The molecule has 2 N–H and O–H groups in total. The van der Waals surface area contributed by atoms with Crippen molar-refractivity contribution < 1.29 is 8.78 Å². The van der Waals surface area contributed by atoms with Gasteiger partial charge in [0.05, 0.1) is 5.02 Å². The summed E-state index contributed by atoms with van der Waals surface area (Å²) in [5.74, 6) is -1.01. The van der Waals surface area contributed by atoms with Gasteiger partial charge in [0.25, 0.3) is 0 Å². The number of halogens is 3. The first-order valence-electron chi connectivity index (χ1n) is 5.94. The highest BCUT2D eigenvalue weighted by Gasteiger charge is 2.35. The number of nitrogens with two attached hydrogens (primary N) is 1. The van der Waals surface area contributed by atoms with Crippen molar-refractivity contribution in [2.24, 2.45) is 5.73 Å². The first-order valence-corrected chi connectivity index (χ1v) is 6.32. The molecule has 2 rings (SSSR count). The highest BCUT2D eigenvalue weighted by molar-refractivity contribution is 6.30. The van der Waals surface area contributed by atoms with Crippen molar-refractivity contribution in [1.82, 2.24) is 0 Å². The summed E-state index contributed by atoms with van der Waals surface area (Å²) in [4.78, 5) is 0. The zero-order chi connectivity index (χ0) is 12.5. The van der Waals surface area contributed by atoms with Gasteiger partial charge in [-0.25, -0.2) is 8.78 Å². The Hall–Kier alpha value is -0.670. The Morgan fingerprint density at radius 2 is 1.82 bits per heavy atom. The first-order chi connectivity index (χ1) is 8.09. The van der Waals surface area contributed by atoms with E-state index in [1.165, 1.54) is 6.07 Å². The number of hydrogen-bond acceptors (Lipinski definition) is 1. The summed E-state index contributed by atoms with van der Waals surface area (Å²) in [5, 5.41) is -0.154. The summed E-state index contributed by atoms with van der Waals surface area (Å²) in [6.07, 6.45) is 4.75. The van der Waals surface area contributed by atoms with Crippen molar-refractivity contribution in [2.75, 3.05) is 6.54 Å². The average Bonchev–Trinajstić information content (AvgIpc) is 2.34. The molecule has 0 atom stereocenters. The lowest BCUT2D eigenvalue weighted by atomic mass is 9.69. The van der Waals surface area contributed by atoms with Crippen LogP contribution in [-0.4, -0.2) is 6.54 Å². The SMILES string of the molecule is NCC1(c2cc(F)cc(Cl)c2F)CCCCC1.